The highest BCUT2D eigenvalue weighted by Crippen LogP contribution is 2.25. The van der Waals surface area contributed by atoms with E-state index in [1.807, 2.05) is 24.3 Å². The van der Waals surface area contributed by atoms with Crippen LogP contribution in [0.15, 0.2) is 48.5 Å². The summed E-state index contributed by atoms with van der Waals surface area (Å²) < 4.78 is 7.36. The summed E-state index contributed by atoms with van der Waals surface area (Å²) in [5.74, 6) is 0.136. The maximum absolute atomic E-state index is 12.9. The Labute approximate surface area is 167 Å². The van der Waals surface area contributed by atoms with E-state index in [2.05, 4.69) is 53.7 Å². The van der Waals surface area contributed by atoms with Gasteiger partial charge in [0.15, 0.2) is 0 Å². The van der Waals surface area contributed by atoms with Crippen LogP contribution in [0.25, 0.3) is 0 Å². The third kappa shape index (κ3) is 4.33. The van der Waals surface area contributed by atoms with Crippen molar-refractivity contribution in [3.8, 4) is 5.75 Å². The number of hydrogen-bond donors (Lipinski definition) is 0. The Morgan fingerprint density at radius 3 is 2.18 bits per heavy atom. The molecule has 2 aromatic carbocycles. The molecule has 0 radical (unpaired) electrons. The quantitative estimate of drug-likeness (QED) is 0.454. The SMILES string of the molecule is Cc1cc(C)c(Cn2nc(C(C)(C)C)cc2C(=O)Oc2ccccc2)c(C)c1. The lowest BCUT2D eigenvalue weighted by Gasteiger charge is -2.15. The molecular formula is C24H28N2O2. The fraction of sp³-hybridized carbons (Fsp3) is 0.333. The smallest absolute Gasteiger partial charge is 0.362 e. The Kier molecular flexibility index (Phi) is 5.41. The highest BCUT2D eigenvalue weighted by atomic mass is 16.5. The first-order chi connectivity index (χ1) is 13.1. The van der Waals surface area contributed by atoms with Crippen molar-refractivity contribution >= 4 is 5.97 Å². The molecule has 1 aromatic heterocycles. The number of aromatic nitrogens is 2. The van der Waals surface area contributed by atoms with E-state index in [1.54, 1.807) is 16.8 Å². The molecule has 0 saturated carbocycles. The fourth-order valence-corrected chi connectivity index (χ4v) is 3.33. The molecule has 0 bridgehead atoms. The molecule has 0 unspecified atom stereocenters. The van der Waals surface area contributed by atoms with Gasteiger partial charge in [-0.2, -0.15) is 5.10 Å². The topological polar surface area (TPSA) is 44.1 Å². The van der Waals surface area contributed by atoms with Gasteiger partial charge in [0.05, 0.1) is 12.2 Å². The number of benzene rings is 2. The monoisotopic (exact) mass is 376 g/mol. The van der Waals surface area contributed by atoms with Crippen LogP contribution in [0.4, 0.5) is 0 Å². The van der Waals surface area contributed by atoms with Gasteiger partial charge in [-0.05, 0) is 55.7 Å². The molecule has 0 N–H and O–H groups in total. The lowest BCUT2D eigenvalue weighted by molar-refractivity contribution is 0.0722. The summed E-state index contributed by atoms with van der Waals surface area (Å²) in [6.07, 6.45) is 0. The molecular weight excluding hydrogens is 348 g/mol. The lowest BCUT2D eigenvalue weighted by Crippen LogP contribution is -2.17. The summed E-state index contributed by atoms with van der Waals surface area (Å²) in [7, 11) is 0. The number of aryl methyl sites for hydroxylation is 3. The van der Waals surface area contributed by atoms with Crippen LogP contribution >= 0.6 is 0 Å². The van der Waals surface area contributed by atoms with Crippen molar-refractivity contribution in [1.82, 2.24) is 9.78 Å². The molecule has 1 heterocycles. The number of carbonyl (C=O) groups is 1. The van der Waals surface area contributed by atoms with Crippen LogP contribution in [0.2, 0.25) is 0 Å². The number of para-hydroxylation sites is 1. The van der Waals surface area contributed by atoms with Crippen LogP contribution in [-0.4, -0.2) is 15.7 Å². The average molecular weight is 377 g/mol. The van der Waals surface area contributed by atoms with Crippen molar-refractivity contribution in [3.63, 3.8) is 0 Å². The third-order valence-electron chi connectivity index (χ3n) is 4.86. The van der Waals surface area contributed by atoms with Gasteiger partial charge in [-0.1, -0.05) is 56.7 Å². The van der Waals surface area contributed by atoms with Crippen molar-refractivity contribution in [2.75, 3.05) is 0 Å². The van der Waals surface area contributed by atoms with Gasteiger partial charge in [0, 0.05) is 5.41 Å². The molecule has 4 nitrogen and oxygen atoms in total. The standard InChI is InChI=1S/C24H28N2O2/c1-16-12-17(2)20(18(3)13-16)15-26-21(14-22(25-26)24(4,5)6)23(27)28-19-10-8-7-9-11-19/h7-14H,15H2,1-6H3. The van der Waals surface area contributed by atoms with Crippen molar-refractivity contribution < 1.29 is 9.53 Å². The molecule has 28 heavy (non-hydrogen) atoms. The van der Waals surface area contributed by atoms with Crippen molar-refractivity contribution in [3.05, 3.63) is 82.2 Å². The van der Waals surface area contributed by atoms with E-state index in [4.69, 9.17) is 9.84 Å². The Morgan fingerprint density at radius 2 is 1.61 bits per heavy atom. The fourth-order valence-electron chi connectivity index (χ4n) is 3.33. The molecule has 3 rings (SSSR count). The zero-order valence-corrected chi connectivity index (χ0v) is 17.5. The minimum atomic E-state index is -0.392. The maximum atomic E-state index is 12.9. The highest BCUT2D eigenvalue weighted by Gasteiger charge is 2.24. The average Bonchev–Trinajstić information content (AvgIpc) is 3.03. The third-order valence-corrected chi connectivity index (χ3v) is 4.86. The molecule has 0 fully saturated rings. The number of nitrogens with zero attached hydrogens (tertiary/aromatic N) is 2. The Balaban J connectivity index is 2.00. The molecule has 0 aliphatic rings. The van der Waals surface area contributed by atoms with Gasteiger partial charge in [-0.15, -0.1) is 0 Å². The summed E-state index contributed by atoms with van der Waals surface area (Å²) in [6, 6.07) is 15.3. The van der Waals surface area contributed by atoms with E-state index >= 15 is 0 Å². The number of hydrogen-bond acceptors (Lipinski definition) is 3. The maximum Gasteiger partial charge on any atom is 0.362 e. The van der Waals surface area contributed by atoms with Crippen LogP contribution in [0, 0.1) is 20.8 Å². The van der Waals surface area contributed by atoms with E-state index < -0.39 is 5.97 Å². The van der Waals surface area contributed by atoms with Crippen LogP contribution in [0.3, 0.4) is 0 Å². The second-order valence-corrected chi connectivity index (χ2v) is 8.40. The summed E-state index contributed by atoms with van der Waals surface area (Å²) >= 11 is 0. The van der Waals surface area contributed by atoms with Gasteiger partial charge in [0.25, 0.3) is 0 Å². The van der Waals surface area contributed by atoms with E-state index in [0.717, 1.165) is 5.69 Å². The molecule has 0 saturated heterocycles. The van der Waals surface area contributed by atoms with Crippen LogP contribution in [0.5, 0.6) is 5.75 Å². The molecule has 4 heteroatoms. The van der Waals surface area contributed by atoms with E-state index in [-0.39, 0.29) is 5.41 Å². The summed E-state index contributed by atoms with van der Waals surface area (Å²) in [4.78, 5) is 12.9. The van der Waals surface area contributed by atoms with Gasteiger partial charge in [0.2, 0.25) is 0 Å². The normalized spacial score (nSPS) is 11.5. The van der Waals surface area contributed by atoms with Crippen molar-refractivity contribution in [2.45, 2.75) is 53.5 Å². The number of rotatable bonds is 4. The van der Waals surface area contributed by atoms with Gasteiger partial charge >= 0.3 is 5.97 Å². The van der Waals surface area contributed by atoms with Gasteiger partial charge in [-0.25, -0.2) is 4.79 Å². The Bertz CT molecular complexity index is 972. The molecule has 0 amide bonds. The van der Waals surface area contributed by atoms with E-state index in [0.29, 0.717) is 18.0 Å². The van der Waals surface area contributed by atoms with E-state index in [9.17, 15) is 4.79 Å². The summed E-state index contributed by atoms with van der Waals surface area (Å²) in [5, 5.41) is 4.76. The highest BCUT2D eigenvalue weighted by molar-refractivity contribution is 5.89. The largest absolute Gasteiger partial charge is 0.422 e. The van der Waals surface area contributed by atoms with Gasteiger partial charge in [0.1, 0.15) is 11.4 Å². The molecule has 0 aliphatic heterocycles. The Morgan fingerprint density at radius 1 is 1.00 bits per heavy atom. The summed E-state index contributed by atoms with van der Waals surface area (Å²) in [6.45, 7) is 13.1. The molecule has 0 atom stereocenters. The Hall–Kier alpha value is -2.88. The molecule has 3 aromatic rings. The van der Waals surface area contributed by atoms with Crippen molar-refractivity contribution in [2.24, 2.45) is 0 Å². The predicted molar refractivity (Wildman–Crippen MR) is 112 cm³/mol. The second kappa shape index (κ2) is 7.63. The molecule has 0 spiro atoms. The second-order valence-electron chi connectivity index (χ2n) is 8.40. The van der Waals surface area contributed by atoms with Gasteiger partial charge in [-0.3, -0.25) is 4.68 Å². The van der Waals surface area contributed by atoms with E-state index in [1.165, 1.54) is 22.3 Å². The van der Waals surface area contributed by atoms with Crippen LogP contribution in [0.1, 0.15) is 59.2 Å². The first-order valence-electron chi connectivity index (χ1n) is 9.57. The van der Waals surface area contributed by atoms with Crippen molar-refractivity contribution in [1.29, 1.82) is 0 Å². The zero-order valence-electron chi connectivity index (χ0n) is 17.5. The minimum Gasteiger partial charge on any atom is -0.422 e. The molecule has 0 aliphatic carbocycles. The minimum absolute atomic E-state index is 0.162. The number of ether oxygens (including phenoxy) is 1. The molecule has 146 valence electrons. The first kappa shape index (κ1) is 19.9. The van der Waals surface area contributed by atoms with Gasteiger partial charge < -0.3 is 4.74 Å². The van der Waals surface area contributed by atoms with Crippen LogP contribution < -0.4 is 4.74 Å². The number of carbonyl (C=O) groups excluding carboxylic acids is 1. The number of esters is 1. The predicted octanol–water partition coefficient (Wildman–Crippen LogP) is 5.37. The zero-order chi connectivity index (χ0) is 20.5. The first-order valence-corrected chi connectivity index (χ1v) is 9.57. The lowest BCUT2D eigenvalue weighted by atomic mass is 9.92. The van der Waals surface area contributed by atoms with Crippen LogP contribution in [-0.2, 0) is 12.0 Å². The summed E-state index contributed by atoms with van der Waals surface area (Å²) in [5.41, 5.74) is 5.99.